The highest BCUT2D eigenvalue weighted by Gasteiger charge is 2.18. The maximum Gasteiger partial charge on any atom is 0.251 e. The number of nitrogens with zero attached hydrogens (tertiary/aromatic N) is 1. The van der Waals surface area contributed by atoms with E-state index in [1.54, 1.807) is 12.1 Å². The van der Waals surface area contributed by atoms with E-state index in [0.29, 0.717) is 24.8 Å². The number of carbonyl (C=O) groups excluding carboxylic acids is 2. The minimum absolute atomic E-state index is 0.325. The molecule has 0 unspecified atom stereocenters. The minimum atomic E-state index is -0.764. The van der Waals surface area contributed by atoms with Crippen LogP contribution in [0.4, 0.5) is 0 Å². The van der Waals surface area contributed by atoms with Gasteiger partial charge in [0.2, 0.25) is 5.91 Å². The molecule has 0 bridgehead atoms. The summed E-state index contributed by atoms with van der Waals surface area (Å²) in [6.07, 6.45) is 1.19. The summed E-state index contributed by atoms with van der Waals surface area (Å²) >= 11 is 0. The van der Waals surface area contributed by atoms with E-state index in [0.717, 1.165) is 11.1 Å². The third kappa shape index (κ3) is 4.68. The lowest BCUT2D eigenvalue weighted by atomic mass is 10.0. The average molecular weight is 321 g/mol. The molecule has 5 heteroatoms. The molecule has 24 heavy (non-hydrogen) atoms. The molecule has 0 saturated carbocycles. The summed E-state index contributed by atoms with van der Waals surface area (Å²) in [6.45, 7) is 0. The Bertz CT molecular complexity index is 733. The fourth-order valence-corrected chi connectivity index (χ4v) is 2.36. The molecule has 2 rings (SSSR count). The monoisotopic (exact) mass is 321 g/mol. The van der Waals surface area contributed by atoms with E-state index in [1.165, 1.54) is 0 Å². The molecule has 0 heterocycles. The van der Waals surface area contributed by atoms with E-state index in [2.05, 4.69) is 5.32 Å². The Morgan fingerprint density at radius 3 is 2.25 bits per heavy atom. The maximum absolute atomic E-state index is 12.3. The first-order valence-electron chi connectivity index (χ1n) is 7.74. The lowest BCUT2D eigenvalue weighted by Crippen LogP contribution is -2.44. The second-order valence-corrected chi connectivity index (χ2v) is 5.42. The number of nitriles is 1. The molecule has 2 amide bonds. The van der Waals surface area contributed by atoms with Gasteiger partial charge in [-0.05, 0) is 36.1 Å². The van der Waals surface area contributed by atoms with Crippen LogP contribution in [-0.2, 0) is 4.79 Å². The summed E-state index contributed by atoms with van der Waals surface area (Å²) < 4.78 is 0. The molecule has 0 aliphatic heterocycles. The Kier molecular flexibility index (Phi) is 6.09. The molecule has 0 aromatic heterocycles. The number of carbonyl (C=O) groups is 2. The van der Waals surface area contributed by atoms with Crippen molar-refractivity contribution < 1.29 is 9.59 Å². The van der Waals surface area contributed by atoms with Gasteiger partial charge in [0.05, 0.1) is 6.07 Å². The lowest BCUT2D eigenvalue weighted by Gasteiger charge is -2.15. The van der Waals surface area contributed by atoms with Gasteiger partial charge in [-0.25, -0.2) is 0 Å². The fourth-order valence-electron chi connectivity index (χ4n) is 2.36. The van der Waals surface area contributed by atoms with E-state index in [1.807, 2.05) is 48.5 Å². The highest BCUT2D eigenvalue weighted by molar-refractivity contribution is 5.97. The molecule has 2 aromatic rings. The van der Waals surface area contributed by atoms with Gasteiger partial charge in [-0.2, -0.15) is 5.26 Å². The summed E-state index contributed by atoms with van der Waals surface area (Å²) in [5.74, 6) is -0.947. The Morgan fingerprint density at radius 2 is 1.67 bits per heavy atom. The summed E-state index contributed by atoms with van der Waals surface area (Å²) in [6, 6.07) is 18.2. The quantitative estimate of drug-likeness (QED) is 0.767. The number of rotatable bonds is 7. The van der Waals surface area contributed by atoms with Crippen LogP contribution in [0.2, 0.25) is 0 Å². The molecule has 0 aliphatic rings. The number of benzene rings is 2. The standard InChI is InChI=1S/C19H19N3O2/c20-13-5-4-8-17(18(21)23)22-19(24)16-11-9-15(10-12-16)14-6-2-1-3-7-14/h1-3,6-7,9-12,17H,4-5,8H2,(H2,21,23)(H,22,24)/t17-/m1/s1. The van der Waals surface area contributed by atoms with Crippen molar-refractivity contribution in [3.63, 3.8) is 0 Å². The Labute approximate surface area is 141 Å². The van der Waals surface area contributed by atoms with Gasteiger partial charge in [-0.1, -0.05) is 42.5 Å². The van der Waals surface area contributed by atoms with Gasteiger partial charge < -0.3 is 11.1 Å². The number of amides is 2. The number of nitrogens with one attached hydrogen (secondary N) is 1. The molecule has 122 valence electrons. The van der Waals surface area contributed by atoms with Crippen molar-refractivity contribution in [2.24, 2.45) is 5.73 Å². The SMILES string of the molecule is N#CCCC[C@@H](NC(=O)c1ccc(-c2ccccc2)cc1)C(N)=O. The maximum atomic E-state index is 12.3. The summed E-state index contributed by atoms with van der Waals surface area (Å²) in [5.41, 5.74) is 7.84. The molecule has 2 aromatic carbocycles. The number of unbranched alkanes of at least 4 members (excludes halogenated alkanes) is 1. The van der Waals surface area contributed by atoms with Gasteiger partial charge >= 0.3 is 0 Å². The molecule has 0 fully saturated rings. The zero-order valence-electron chi connectivity index (χ0n) is 13.2. The minimum Gasteiger partial charge on any atom is -0.368 e. The van der Waals surface area contributed by atoms with Gasteiger partial charge in [0.25, 0.3) is 5.91 Å². The third-order valence-electron chi connectivity index (χ3n) is 3.68. The molecule has 0 spiro atoms. The molecule has 3 N–H and O–H groups in total. The van der Waals surface area contributed by atoms with E-state index in [-0.39, 0.29) is 5.91 Å². The van der Waals surface area contributed by atoms with Crippen molar-refractivity contribution >= 4 is 11.8 Å². The number of nitrogens with two attached hydrogens (primary N) is 1. The molecular weight excluding hydrogens is 302 g/mol. The molecule has 0 aliphatic carbocycles. The number of hydrogen-bond acceptors (Lipinski definition) is 3. The van der Waals surface area contributed by atoms with Gasteiger partial charge in [0.1, 0.15) is 6.04 Å². The van der Waals surface area contributed by atoms with Crippen LogP contribution in [0, 0.1) is 11.3 Å². The first-order valence-corrected chi connectivity index (χ1v) is 7.74. The largest absolute Gasteiger partial charge is 0.368 e. The Morgan fingerprint density at radius 1 is 1.04 bits per heavy atom. The predicted octanol–water partition coefficient (Wildman–Crippen LogP) is 2.63. The summed E-state index contributed by atoms with van der Waals surface area (Å²) in [4.78, 5) is 23.7. The Hall–Kier alpha value is -3.13. The normalized spacial score (nSPS) is 11.3. The van der Waals surface area contributed by atoms with Crippen molar-refractivity contribution in [1.82, 2.24) is 5.32 Å². The van der Waals surface area contributed by atoms with E-state index in [9.17, 15) is 9.59 Å². The summed E-state index contributed by atoms with van der Waals surface area (Å²) in [5, 5.41) is 11.2. The van der Waals surface area contributed by atoms with Gasteiger partial charge in [-0.15, -0.1) is 0 Å². The predicted molar refractivity (Wildman–Crippen MR) is 91.8 cm³/mol. The second-order valence-electron chi connectivity index (χ2n) is 5.42. The topological polar surface area (TPSA) is 96.0 Å². The fraction of sp³-hybridized carbons (Fsp3) is 0.211. The van der Waals surface area contributed by atoms with Gasteiger partial charge in [-0.3, -0.25) is 9.59 Å². The van der Waals surface area contributed by atoms with Crippen LogP contribution in [0.5, 0.6) is 0 Å². The highest BCUT2D eigenvalue weighted by Crippen LogP contribution is 2.19. The van der Waals surface area contributed by atoms with Crippen molar-refractivity contribution in [3.8, 4) is 17.2 Å². The van der Waals surface area contributed by atoms with E-state index >= 15 is 0 Å². The number of primary amides is 1. The third-order valence-corrected chi connectivity index (χ3v) is 3.68. The van der Waals surface area contributed by atoms with E-state index < -0.39 is 11.9 Å². The Balaban J connectivity index is 2.03. The summed E-state index contributed by atoms with van der Waals surface area (Å²) in [7, 11) is 0. The first-order chi connectivity index (χ1) is 11.6. The van der Waals surface area contributed by atoms with Crippen molar-refractivity contribution in [2.45, 2.75) is 25.3 Å². The average Bonchev–Trinajstić information content (AvgIpc) is 2.61. The van der Waals surface area contributed by atoms with Crippen LogP contribution < -0.4 is 11.1 Å². The molecule has 5 nitrogen and oxygen atoms in total. The molecule has 1 atom stereocenters. The molecule has 0 radical (unpaired) electrons. The highest BCUT2D eigenvalue weighted by atomic mass is 16.2. The van der Waals surface area contributed by atoms with Crippen LogP contribution in [0.15, 0.2) is 54.6 Å². The van der Waals surface area contributed by atoms with Crippen molar-refractivity contribution in [3.05, 3.63) is 60.2 Å². The van der Waals surface area contributed by atoms with Crippen LogP contribution in [0.3, 0.4) is 0 Å². The zero-order valence-corrected chi connectivity index (χ0v) is 13.2. The number of hydrogen-bond donors (Lipinski definition) is 2. The molecule has 0 saturated heterocycles. The smallest absolute Gasteiger partial charge is 0.251 e. The van der Waals surface area contributed by atoms with Crippen LogP contribution in [0.25, 0.3) is 11.1 Å². The second kappa shape index (κ2) is 8.49. The van der Waals surface area contributed by atoms with Crippen LogP contribution in [0.1, 0.15) is 29.6 Å². The van der Waals surface area contributed by atoms with Gasteiger partial charge in [0.15, 0.2) is 0 Å². The molecular formula is C19H19N3O2. The van der Waals surface area contributed by atoms with Crippen molar-refractivity contribution in [1.29, 1.82) is 5.26 Å². The van der Waals surface area contributed by atoms with E-state index in [4.69, 9.17) is 11.0 Å². The van der Waals surface area contributed by atoms with Crippen LogP contribution in [-0.4, -0.2) is 17.9 Å². The lowest BCUT2D eigenvalue weighted by molar-refractivity contribution is -0.120. The van der Waals surface area contributed by atoms with Crippen LogP contribution >= 0.6 is 0 Å². The van der Waals surface area contributed by atoms with Gasteiger partial charge in [0, 0.05) is 12.0 Å². The van der Waals surface area contributed by atoms with Crippen molar-refractivity contribution in [2.75, 3.05) is 0 Å². The zero-order chi connectivity index (χ0) is 17.4. The first kappa shape index (κ1) is 17.2.